The summed E-state index contributed by atoms with van der Waals surface area (Å²) in [6, 6.07) is 0. The smallest absolute Gasteiger partial charge is 0.114 e. The molecule has 0 aromatic rings. The van der Waals surface area contributed by atoms with E-state index in [1.54, 1.807) is 0 Å². The maximum atomic E-state index is 11.5. The Hall–Kier alpha value is -1.70. The molecule has 0 aromatic carbocycles. The van der Waals surface area contributed by atoms with Crippen molar-refractivity contribution in [3.05, 3.63) is 23.8 Å². The SMILES string of the molecule is C[C@H]1CC2[C@H]([C@@H](O)C[C@@]3(C)[C@H]2CC[C@]3(O)/C(CO)=N/O)[C@@]2(C)C=C/C(=N\O)C=C12. The van der Waals surface area contributed by atoms with Crippen LogP contribution in [0.5, 0.6) is 0 Å². The monoisotopic (exact) mass is 404 g/mol. The predicted molar refractivity (Wildman–Crippen MR) is 108 cm³/mol. The molecule has 1 unspecified atom stereocenters. The predicted octanol–water partition coefficient (Wildman–Crippen LogP) is 2.33. The van der Waals surface area contributed by atoms with Crippen molar-refractivity contribution < 1.29 is 25.7 Å². The molecule has 0 aromatic heterocycles. The number of aliphatic hydroxyl groups is 3. The lowest BCUT2D eigenvalue weighted by molar-refractivity contribution is -0.148. The van der Waals surface area contributed by atoms with Crippen molar-refractivity contribution in [2.24, 2.45) is 44.8 Å². The van der Waals surface area contributed by atoms with E-state index in [4.69, 9.17) is 0 Å². The number of rotatable bonds is 2. The van der Waals surface area contributed by atoms with E-state index in [0.717, 1.165) is 12.8 Å². The highest BCUT2D eigenvalue weighted by molar-refractivity contribution is 6.05. The van der Waals surface area contributed by atoms with Crippen LogP contribution in [0.1, 0.15) is 46.5 Å². The van der Waals surface area contributed by atoms with E-state index >= 15 is 0 Å². The fourth-order valence-corrected chi connectivity index (χ4v) is 7.55. The minimum Gasteiger partial charge on any atom is -0.411 e. The van der Waals surface area contributed by atoms with Crippen LogP contribution in [0.2, 0.25) is 0 Å². The van der Waals surface area contributed by atoms with Crippen LogP contribution in [0, 0.1) is 34.5 Å². The Morgan fingerprint density at radius 1 is 1.28 bits per heavy atom. The van der Waals surface area contributed by atoms with Gasteiger partial charge in [-0.1, -0.05) is 42.7 Å². The summed E-state index contributed by atoms with van der Waals surface area (Å²) >= 11 is 0. The number of allylic oxidation sites excluding steroid dienone is 4. The molecular formula is C22H32N2O5. The standard InChI is InChI=1S/C22H32N2O5/c1-12-8-14-15-5-7-22(27,18(11-25)24-29)21(15,3)10-17(26)19(14)20(2)6-4-13(23-28)9-16(12)20/h4,6,9,12,14-15,17,19,25-29H,5,7-8,10-11H2,1-3H3/b23-13+,24-18+/t12-,14?,15-,17-,19+,20-,21-,22-/m0/s1. The lowest BCUT2D eigenvalue weighted by Gasteiger charge is -2.61. The van der Waals surface area contributed by atoms with Crippen LogP contribution in [0.3, 0.4) is 0 Å². The second-order valence-corrected chi connectivity index (χ2v) is 9.97. The van der Waals surface area contributed by atoms with Crippen molar-refractivity contribution in [1.29, 1.82) is 0 Å². The highest BCUT2D eigenvalue weighted by atomic mass is 16.4. The first-order chi connectivity index (χ1) is 13.7. The molecule has 5 N–H and O–H groups in total. The molecule has 3 fully saturated rings. The molecule has 0 heterocycles. The Kier molecular flexibility index (Phi) is 4.72. The summed E-state index contributed by atoms with van der Waals surface area (Å²) in [5.74, 6) is 0.567. The fourth-order valence-electron chi connectivity index (χ4n) is 7.55. The van der Waals surface area contributed by atoms with Gasteiger partial charge in [-0.25, -0.2) is 0 Å². The maximum absolute atomic E-state index is 11.5. The Morgan fingerprint density at radius 2 is 2.00 bits per heavy atom. The van der Waals surface area contributed by atoms with Crippen molar-refractivity contribution in [1.82, 2.24) is 0 Å². The lowest BCUT2D eigenvalue weighted by Crippen LogP contribution is -2.62. The molecule has 4 aliphatic rings. The van der Waals surface area contributed by atoms with Gasteiger partial charge < -0.3 is 25.7 Å². The molecule has 4 aliphatic carbocycles. The number of oxime groups is 2. The summed E-state index contributed by atoms with van der Waals surface area (Å²) in [6.07, 6.45) is 7.58. The number of aliphatic hydroxyl groups excluding tert-OH is 2. The largest absolute Gasteiger partial charge is 0.411 e. The number of fused-ring (bicyclic) bond motifs is 5. The zero-order chi connectivity index (χ0) is 21.2. The van der Waals surface area contributed by atoms with Crippen molar-refractivity contribution >= 4 is 11.4 Å². The molecular weight excluding hydrogens is 372 g/mol. The fraction of sp³-hybridized carbons (Fsp3) is 0.727. The Bertz CT molecular complexity index is 820. The summed E-state index contributed by atoms with van der Waals surface area (Å²) in [6.45, 7) is 5.78. The van der Waals surface area contributed by atoms with E-state index < -0.39 is 23.7 Å². The minimum atomic E-state index is -1.42. The summed E-state index contributed by atoms with van der Waals surface area (Å²) in [4.78, 5) is 0. The summed E-state index contributed by atoms with van der Waals surface area (Å²) in [5, 5.41) is 57.7. The summed E-state index contributed by atoms with van der Waals surface area (Å²) < 4.78 is 0. The van der Waals surface area contributed by atoms with E-state index in [1.807, 2.05) is 19.1 Å². The van der Waals surface area contributed by atoms with Crippen LogP contribution < -0.4 is 0 Å². The van der Waals surface area contributed by atoms with Gasteiger partial charge in [0.1, 0.15) is 17.0 Å². The van der Waals surface area contributed by atoms with Crippen LogP contribution in [-0.4, -0.2) is 55.5 Å². The molecule has 8 atom stereocenters. The van der Waals surface area contributed by atoms with Gasteiger partial charge in [0.2, 0.25) is 0 Å². The van der Waals surface area contributed by atoms with Gasteiger partial charge in [0.25, 0.3) is 0 Å². The Morgan fingerprint density at radius 3 is 2.62 bits per heavy atom. The lowest BCUT2D eigenvalue weighted by atomic mass is 9.44. The zero-order valence-corrected chi connectivity index (χ0v) is 17.3. The number of hydrogen-bond acceptors (Lipinski definition) is 7. The second kappa shape index (κ2) is 6.65. The topological polar surface area (TPSA) is 126 Å². The summed E-state index contributed by atoms with van der Waals surface area (Å²) in [5.41, 5.74) is -0.747. The molecule has 7 heteroatoms. The molecule has 0 saturated heterocycles. The van der Waals surface area contributed by atoms with Crippen LogP contribution in [0.25, 0.3) is 0 Å². The van der Waals surface area contributed by atoms with E-state index in [-0.39, 0.29) is 34.8 Å². The molecule has 29 heavy (non-hydrogen) atoms. The first kappa shape index (κ1) is 20.6. The molecule has 7 nitrogen and oxygen atoms in total. The normalized spacial score (nSPS) is 50.7. The van der Waals surface area contributed by atoms with Crippen molar-refractivity contribution in [2.75, 3.05) is 6.61 Å². The van der Waals surface area contributed by atoms with Crippen LogP contribution in [-0.2, 0) is 0 Å². The van der Waals surface area contributed by atoms with Gasteiger partial charge in [0, 0.05) is 16.7 Å². The van der Waals surface area contributed by atoms with Gasteiger partial charge in [0.05, 0.1) is 12.7 Å². The van der Waals surface area contributed by atoms with Gasteiger partial charge >= 0.3 is 0 Å². The first-order valence-corrected chi connectivity index (χ1v) is 10.5. The first-order valence-electron chi connectivity index (χ1n) is 10.5. The molecule has 4 rings (SSSR count). The van der Waals surface area contributed by atoms with Crippen LogP contribution in [0.4, 0.5) is 0 Å². The van der Waals surface area contributed by atoms with Crippen LogP contribution in [0.15, 0.2) is 34.1 Å². The van der Waals surface area contributed by atoms with Gasteiger partial charge in [0.15, 0.2) is 0 Å². The average Bonchev–Trinajstić information content (AvgIpc) is 2.93. The average molecular weight is 405 g/mol. The van der Waals surface area contributed by atoms with E-state index in [2.05, 4.69) is 30.2 Å². The van der Waals surface area contributed by atoms with E-state index in [0.29, 0.717) is 18.6 Å². The van der Waals surface area contributed by atoms with Crippen molar-refractivity contribution in [3.8, 4) is 0 Å². The van der Waals surface area contributed by atoms with E-state index in [9.17, 15) is 25.7 Å². The highest BCUT2D eigenvalue weighted by Gasteiger charge is 2.68. The third kappa shape index (κ3) is 2.53. The Labute approximate surface area is 171 Å². The van der Waals surface area contributed by atoms with Gasteiger partial charge in [-0.3, -0.25) is 0 Å². The highest BCUT2D eigenvalue weighted by Crippen LogP contribution is 2.67. The maximum Gasteiger partial charge on any atom is 0.114 e. The second-order valence-electron chi connectivity index (χ2n) is 9.97. The number of hydrogen-bond donors (Lipinski definition) is 5. The molecule has 0 spiro atoms. The molecule has 3 saturated carbocycles. The molecule has 0 bridgehead atoms. The molecule has 0 amide bonds. The van der Waals surface area contributed by atoms with Crippen LogP contribution >= 0.6 is 0 Å². The molecule has 0 aliphatic heterocycles. The van der Waals surface area contributed by atoms with Gasteiger partial charge in [-0.2, -0.15) is 0 Å². The van der Waals surface area contributed by atoms with E-state index in [1.165, 1.54) is 5.57 Å². The quantitative estimate of drug-likeness (QED) is 0.274. The third-order valence-electron chi connectivity index (χ3n) is 8.84. The molecule has 160 valence electrons. The Balaban J connectivity index is 1.78. The molecule has 0 radical (unpaired) electrons. The zero-order valence-electron chi connectivity index (χ0n) is 17.3. The van der Waals surface area contributed by atoms with Crippen molar-refractivity contribution in [3.63, 3.8) is 0 Å². The summed E-state index contributed by atoms with van der Waals surface area (Å²) in [7, 11) is 0. The van der Waals surface area contributed by atoms with Crippen molar-refractivity contribution in [2.45, 2.75) is 58.2 Å². The van der Waals surface area contributed by atoms with Gasteiger partial charge in [-0.05, 0) is 55.6 Å². The third-order valence-corrected chi connectivity index (χ3v) is 8.84. The number of nitrogens with zero attached hydrogens (tertiary/aromatic N) is 2. The van der Waals surface area contributed by atoms with Gasteiger partial charge in [-0.15, -0.1) is 0 Å². The minimum absolute atomic E-state index is 0.00879.